The minimum atomic E-state index is -0.589. The van der Waals surface area contributed by atoms with Crippen molar-refractivity contribution in [3.05, 3.63) is 71.8 Å². The fraction of sp³-hybridized carbons (Fsp3) is 0.467. The average molecular weight is 552 g/mol. The fourth-order valence-corrected chi connectivity index (χ4v) is 4.55. The number of nitrogens with one attached hydrogen (secondary N) is 1. The van der Waals surface area contributed by atoms with Gasteiger partial charge in [-0.2, -0.15) is 0 Å². The molecule has 2 aromatic carbocycles. The molecule has 2 amide bonds. The maximum Gasteiger partial charge on any atom is 0.407 e. The second kappa shape index (κ2) is 14.5. The van der Waals surface area contributed by atoms with Crippen molar-refractivity contribution in [2.75, 3.05) is 32.7 Å². The van der Waals surface area contributed by atoms with E-state index in [1.54, 1.807) is 11.8 Å². The van der Waals surface area contributed by atoms with Gasteiger partial charge in [-0.3, -0.25) is 19.3 Å². The normalized spacial score (nSPS) is 17.9. The summed E-state index contributed by atoms with van der Waals surface area (Å²) in [6, 6.07) is 18.4. The first kappa shape index (κ1) is 29.1. The van der Waals surface area contributed by atoms with Crippen molar-refractivity contribution >= 4 is 23.9 Å². The number of alkyl carbamates (subject to hydrolysis) is 1. The molecule has 0 aromatic heterocycles. The highest BCUT2D eigenvalue weighted by Gasteiger charge is 2.38. The monoisotopic (exact) mass is 551 g/mol. The number of hydrogen-bond donors (Lipinski definition) is 1. The molecule has 40 heavy (non-hydrogen) atoms. The van der Waals surface area contributed by atoms with Crippen molar-refractivity contribution in [1.82, 2.24) is 15.1 Å². The zero-order valence-corrected chi connectivity index (χ0v) is 22.8. The number of esters is 2. The highest BCUT2D eigenvalue weighted by Crippen LogP contribution is 2.31. The first-order valence-corrected chi connectivity index (χ1v) is 13.8. The average Bonchev–Trinajstić information content (AvgIpc) is 3.82. The lowest BCUT2D eigenvalue weighted by molar-refractivity contribution is -0.157. The molecule has 1 heterocycles. The van der Waals surface area contributed by atoms with Gasteiger partial charge in [0.1, 0.15) is 19.3 Å². The number of benzene rings is 2. The smallest absolute Gasteiger partial charge is 0.407 e. The van der Waals surface area contributed by atoms with Gasteiger partial charge in [0.2, 0.25) is 5.91 Å². The fourth-order valence-electron chi connectivity index (χ4n) is 4.55. The van der Waals surface area contributed by atoms with Gasteiger partial charge in [0.15, 0.2) is 0 Å². The Kier molecular flexibility index (Phi) is 10.5. The van der Waals surface area contributed by atoms with E-state index in [9.17, 15) is 19.2 Å². The van der Waals surface area contributed by atoms with Gasteiger partial charge >= 0.3 is 18.0 Å². The number of amides is 2. The Morgan fingerprint density at radius 1 is 0.900 bits per heavy atom. The van der Waals surface area contributed by atoms with E-state index in [1.165, 1.54) is 0 Å². The molecule has 1 saturated carbocycles. The van der Waals surface area contributed by atoms with Gasteiger partial charge < -0.3 is 24.4 Å². The number of rotatable bonds is 12. The third kappa shape index (κ3) is 9.08. The molecule has 2 unspecified atom stereocenters. The molecule has 1 N–H and O–H groups in total. The molecule has 4 rings (SSSR count). The van der Waals surface area contributed by atoms with Gasteiger partial charge in [0, 0.05) is 32.6 Å². The lowest BCUT2D eigenvalue weighted by atomic mass is 10.1. The second-order valence-corrected chi connectivity index (χ2v) is 10.2. The second-order valence-electron chi connectivity index (χ2n) is 10.2. The SMILES string of the molecule is CC(OC(=O)C1CC1)C1CN(C(=O)CCNC(=O)OCc2ccccc2)CCN1CC(=O)OCc1ccccc1. The van der Waals surface area contributed by atoms with Crippen molar-refractivity contribution in [1.29, 1.82) is 0 Å². The molecule has 10 heteroatoms. The maximum atomic E-state index is 13.0. The molecule has 2 aliphatic rings. The van der Waals surface area contributed by atoms with Crippen LogP contribution in [0.3, 0.4) is 0 Å². The number of nitrogens with zero attached hydrogens (tertiary/aromatic N) is 2. The third-order valence-corrected chi connectivity index (χ3v) is 7.04. The first-order valence-electron chi connectivity index (χ1n) is 13.8. The predicted molar refractivity (Wildman–Crippen MR) is 146 cm³/mol. The Bertz CT molecular complexity index is 1140. The quantitative estimate of drug-likeness (QED) is 0.316. The lowest BCUT2D eigenvalue weighted by Crippen LogP contribution is -2.60. The summed E-state index contributed by atoms with van der Waals surface area (Å²) in [5.74, 6) is -0.811. The van der Waals surface area contributed by atoms with E-state index >= 15 is 0 Å². The number of piperazine rings is 1. The van der Waals surface area contributed by atoms with E-state index in [-0.39, 0.29) is 62.5 Å². The van der Waals surface area contributed by atoms with Crippen molar-refractivity contribution in [3.8, 4) is 0 Å². The molecule has 10 nitrogen and oxygen atoms in total. The van der Waals surface area contributed by atoms with Crippen LogP contribution in [0.25, 0.3) is 0 Å². The van der Waals surface area contributed by atoms with Gasteiger partial charge in [0.25, 0.3) is 0 Å². The van der Waals surface area contributed by atoms with Crippen LogP contribution in [-0.4, -0.2) is 78.6 Å². The Hall–Kier alpha value is -3.92. The van der Waals surface area contributed by atoms with Gasteiger partial charge in [-0.25, -0.2) is 4.79 Å². The van der Waals surface area contributed by atoms with Crippen LogP contribution in [0.2, 0.25) is 0 Å². The van der Waals surface area contributed by atoms with Crippen molar-refractivity contribution < 1.29 is 33.4 Å². The van der Waals surface area contributed by atoms with Crippen LogP contribution in [0.4, 0.5) is 4.79 Å². The topological polar surface area (TPSA) is 114 Å². The summed E-state index contributed by atoms with van der Waals surface area (Å²) in [5, 5.41) is 2.62. The molecule has 2 fully saturated rings. The Morgan fingerprint density at radius 3 is 2.15 bits per heavy atom. The molecule has 1 aliphatic heterocycles. The first-order chi connectivity index (χ1) is 19.4. The van der Waals surface area contributed by atoms with Gasteiger partial charge in [-0.1, -0.05) is 60.7 Å². The Morgan fingerprint density at radius 2 is 1.52 bits per heavy atom. The number of hydrogen-bond acceptors (Lipinski definition) is 8. The minimum absolute atomic E-state index is 0.0274. The van der Waals surface area contributed by atoms with E-state index in [0.717, 1.165) is 24.0 Å². The summed E-state index contributed by atoms with van der Waals surface area (Å²) < 4.78 is 16.4. The molecule has 0 bridgehead atoms. The molecule has 2 aromatic rings. The van der Waals surface area contributed by atoms with Crippen molar-refractivity contribution in [2.45, 2.75) is 51.5 Å². The summed E-state index contributed by atoms with van der Waals surface area (Å²) >= 11 is 0. The molecular formula is C30H37N3O7. The molecule has 0 spiro atoms. The standard InChI is InChI=1S/C30H37N3O7/c1-22(40-29(36)25-12-13-25)26-18-33(17-16-32(26)19-28(35)38-20-23-8-4-2-5-9-23)27(34)14-15-31-30(37)39-21-24-10-6-3-7-11-24/h2-11,22,25-26H,12-21H2,1H3,(H,31,37). The predicted octanol–water partition coefficient (Wildman–Crippen LogP) is 2.90. The highest BCUT2D eigenvalue weighted by atomic mass is 16.6. The van der Waals surface area contributed by atoms with Crippen LogP contribution in [0.5, 0.6) is 0 Å². The van der Waals surface area contributed by atoms with Crippen LogP contribution >= 0.6 is 0 Å². The van der Waals surface area contributed by atoms with E-state index in [4.69, 9.17) is 14.2 Å². The minimum Gasteiger partial charge on any atom is -0.461 e. The summed E-state index contributed by atoms with van der Waals surface area (Å²) in [4.78, 5) is 53.6. The largest absolute Gasteiger partial charge is 0.461 e. The summed E-state index contributed by atoms with van der Waals surface area (Å²) in [5.41, 5.74) is 1.77. The van der Waals surface area contributed by atoms with Crippen LogP contribution in [0.1, 0.15) is 37.3 Å². The van der Waals surface area contributed by atoms with Crippen LogP contribution in [0.15, 0.2) is 60.7 Å². The lowest BCUT2D eigenvalue weighted by Gasteiger charge is -2.43. The van der Waals surface area contributed by atoms with Gasteiger partial charge in [-0.15, -0.1) is 0 Å². The van der Waals surface area contributed by atoms with Crippen molar-refractivity contribution in [2.24, 2.45) is 5.92 Å². The summed E-state index contributed by atoms with van der Waals surface area (Å²) in [6.45, 7) is 3.41. The van der Waals surface area contributed by atoms with E-state index in [2.05, 4.69) is 5.32 Å². The van der Waals surface area contributed by atoms with Crippen LogP contribution in [0, 0.1) is 5.92 Å². The Balaban J connectivity index is 1.26. The molecule has 1 saturated heterocycles. The van der Waals surface area contributed by atoms with Crippen LogP contribution < -0.4 is 5.32 Å². The summed E-state index contributed by atoms with van der Waals surface area (Å²) in [7, 11) is 0. The van der Waals surface area contributed by atoms with Gasteiger partial charge in [-0.05, 0) is 30.9 Å². The zero-order chi connectivity index (χ0) is 28.3. The zero-order valence-electron chi connectivity index (χ0n) is 22.8. The van der Waals surface area contributed by atoms with E-state index in [1.807, 2.05) is 65.6 Å². The Labute approximate surface area is 234 Å². The number of carbonyl (C=O) groups excluding carboxylic acids is 4. The molecule has 214 valence electrons. The van der Waals surface area contributed by atoms with E-state index in [0.29, 0.717) is 19.6 Å². The molecular weight excluding hydrogens is 514 g/mol. The molecule has 0 radical (unpaired) electrons. The molecule has 1 aliphatic carbocycles. The van der Waals surface area contributed by atoms with Crippen molar-refractivity contribution in [3.63, 3.8) is 0 Å². The third-order valence-electron chi connectivity index (χ3n) is 7.04. The van der Waals surface area contributed by atoms with E-state index < -0.39 is 12.2 Å². The highest BCUT2D eigenvalue weighted by molar-refractivity contribution is 5.78. The summed E-state index contributed by atoms with van der Waals surface area (Å²) in [6.07, 6.45) is 0.655. The number of ether oxygens (including phenoxy) is 3. The molecule has 2 atom stereocenters. The van der Waals surface area contributed by atoms with Gasteiger partial charge in [0.05, 0.1) is 18.5 Å². The van der Waals surface area contributed by atoms with Crippen LogP contribution in [-0.2, 0) is 41.8 Å². The maximum absolute atomic E-state index is 13.0. The number of carbonyl (C=O) groups is 4.